The van der Waals surface area contributed by atoms with Gasteiger partial charge in [-0.1, -0.05) is 42.8 Å². The highest BCUT2D eigenvalue weighted by atomic mass is 35.5. The number of ether oxygens (including phenoxy) is 1. The van der Waals surface area contributed by atoms with E-state index >= 15 is 0 Å². The quantitative estimate of drug-likeness (QED) is 0.684. The van der Waals surface area contributed by atoms with E-state index in [-0.39, 0.29) is 11.8 Å². The first-order chi connectivity index (χ1) is 13.4. The van der Waals surface area contributed by atoms with Crippen molar-refractivity contribution in [3.63, 3.8) is 0 Å². The molecule has 0 heterocycles. The number of benzene rings is 2. The topological polar surface area (TPSA) is 58.6 Å². The molecule has 5 nitrogen and oxygen atoms in total. The summed E-state index contributed by atoms with van der Waals surface area (Å²) in [6.07, 6.45) is 1.14. The van der Waals surface area contributed by atoms with Gasteiger partial charge < -0.3 is 15.0 Å². The number of hydrogen-bond donors (Lipinski definition) is 1. The van der Waals surface area contributed by atoms with Gasteiger partial charge in [-0.3, -0.25) is 9.59 Å². The van der Waals surface area contributed by atoms with Crippen molar-refractivity contribution in [1.82, 2.24) is 10.2 Å². The number of carbonyl (C=O) groups excluding carboxylic acids is 2. The zero-order chi connectivity index (χ0) is 20.5. The van der Waals surface area contributed by atoms with Gasteiger partial charge in [0.15, 0.2) is 0 Å². The van der Waals surface area contributed by atoms with E-state index in [0.717, 1.165) is 23.3 Å². The van der Waals surface area contributed by atoms with E-state index in [2.05, 4.69) is 5.32 Å². The van der Waals surface area contributed by atoms with Gasteiger partial charge in [-0.25, -0.2) is 0 Å². The largest absolute Gasteiger partial charge is 0.497 e. The lowest BCUT2D eigenvalue weighted by Crippen LogP contribution is -2.47. The molecule has 28 heavy (non-hydrogen) atoms. The van der Waals surface area contributed by atoms with Crippen molar-refractivity contribution < 1.29 is 14.3 Å². The summed E-state index contributed by atoms with van der Waals surface area (Å²) >= 11 is 5.94. The second kappa shape index (κ2) is 10.7. The molecular weight excluding hydrogens is 376 g/mol. The minimum Gasteiger partial charge on any atom is -0.497 e. The standard InChI is InChI=1S/C22H27ClN2O3/c1-4-5-21(26)25(15-18-6-10-19(23)11-7-18)16(2)22(27)24-14-17-8-12-20(28-3)13-9-17/h6-13,16H,4-5,14-15H2,1-3H3,(H,24,27). The summed E-state index contributed by atoms with van der Waals surface area (Å²) in [5.41, 5.74) is 1.90. The Morgan fingerprint density at radius 3 is 2.25 bits per heavy atom. The average molecular weight is 403 g/mol. The van der Waals surface area contributed by atoms with Crippen LogP contribution in [0.4, 0.5) is 0 Å². The maximum absolute atomic E-state index is 12.7. The monoisotopic (exact) mass is 402 g/mol. The second-order valence-corrected chi connectivity index (χ2v) is 7.08. The highest BCUT2D eigenvalue weighted by Gasteiger charge is 2.25. The van der Waals surface area contributed by atoms with Gasteiger partial charge in [0.2, 0.25) is 11.8 Å². The summed E-state index contributed by atoms with van der Waals surface area (Å²) in [4.78, 5) is 26.9. The van der Waals surface area contributed by atoms with Gasteiger partial charge in [0.25, 0.3) is 0 Å². The molecule has 0 spiro atoms. The fourth-order valence-electron chi connectivity index (χ4n) is 2.81. The van der Waals surface area contributed by atoms with Crippen LogP contribution in [0.3, 0.4) is 0 Å². The molecule has 1 N–H and O–H groups in total. The van der Waals surface area contributed by atoms with Crippen LogP contribution < -0.4 is 10.1 Å². The fraction of sp³-hybridized carbons (Fsp3) is 0.364. The van der Waals surface area contributed by atoms with Crippen molar-refractivity contribution in [1.29, 1.82) is 0 Å². The third-order valence-electron chi connectivity index (χ3n) is 4.52. The van der Waals surface area contributed by atoms with E-state index in [4.69, 9.17) is 16.3 Å². The van der Waals surface area contributed by atoms with Crippen LogP contribution in [0.5, 0.6) is 5.75 Å². The number of nitrogens with zero attached hydrogens (tertiary/aromatic N) is 1. The highest BCUT2D eigenvalue weighted by molar-refractivity contribution is 6.30. The highest BCUT2D eigenvalue weighted by Crippen LogP contribution is 2.15. The second-order valence-electron chi connectivity index (χ2n) is 6.64. The fourth-order valence-corrected chi connectivity index (χ4v) is 2.93. The maximum atomic E-state index is 12.7. The lowest BCUT2D eigenvalue weighted by Gasteiger charge is -2.29. The Morgan fingerprint density at radius 1 is 1.07 bits per heavy atom. The third-order valence-corrected chi connectivity index (χ3v) is 4.78. The summed E-state index contributed by atoms with van der Waals surface area (Å²) < 4.78 is 5.14. The molecule has 2 aromatic carbocycles. The Kier molecular flexibility index (Phi) is 8.33. The molecule has 0 aromatic heterocycles. The molecule has 0 bridgehead atoms. The van der Waals surface area contributed by atoms with Crippen LogP contribution in [0, 0.1) is 0 Å². The Bertz CT molecular complexity index is 775. The molecule has 2 rings (SSSR count). The predicted octanol–water partition coefficient (Wildman–Crippen LogP) is 4.18. The van der Waals surface area contributed by atoms with Crippen LogP contribution in [-0.4, -0.2) is 29.9 Å². The molecule has 0 radical (unpaired) electrons. The van der Waals surface area contributed by atoms with E-state index in [0.29, 0.717) is 24.5 Å². The Hall–Kier alpha value is -2.53. The molecule has 0 aliphatic heterocycles. The molecule has 1 atom stereocenters. The summed E-state index contributed by atoms with van der Waals surface area (Å²) in [7, 11) is 1.61. The zero-order valence-electron chi connectivity index (χ0n) is 16.6. The summed E-state index contributed by atoms with van der Waals surface area (Å²) in [6.45, 7) is 4.47. The van der Waals surface area contributed by atoms with Gasteiger partial charge in [-0.15, -0.1) is 0 Å². The van der Waals surface area contributed by atoms with Crippen LogP contribution in [0.15, 0.2) is 48.5 Å². The van der Waals surface area contributed by atoms with Crippen molar-refractivity contribution in [2.45, 2.75) is 45.8 Å². The van der Waals surface area contributed by atoms with Crippen molar-refractivity contribution in [2.24, 2.45) is 0 Å². The van der Waals surface area contributed by atoms with E-state index < -0.39 is 6.04 Å². The average Bonchev–Trinajstić information content (AvgIpc) is 2.71. The smallest absolute Gasteiger partial charge is 0.242 e. The normalized spacial score (nSPS) is 11.6. The van der Waals surface area contributed by atoms with Crippen molar-refractivity contribution >= 4 is 23.4 Å². The van der Waals surface area contributed by atoms with Gasteiger partial charge in [0.05, 0.1) is 7.11 Å². The number of nitrogens with one attached hydrogen (secondary N) is 1. The number of halogens is 1. The molecule has 0 aliphatic carbocycles. The molecule has 6 heteroatoms. The lowest BCUT2D eigenvalue weighted by atomic mass is 10.1. The first kappa shape index (κ1) is 21.8. The number of hydrogen-bond acceptors (Lipinski definition) is 3. The van der Waals surface area contributed by atoms with Crippen molar-refractivity contribution in [3.05, 3.63) is 64.7 Å². The van der Waals surface area contributed by atoms with Crippen LogP contribution >= 0.6 is 11.6 Å². The molecule has 0 fully saturated rings. The van der Waals surface area contributed by atoms with Crippen molar-refractivity contribution in [3.8, 4) is 5.75 Å². The van der Waals surface area contributed by atoms with E-state index in [1.165, 1.54) is 0 Å². The Morgan fingerprint density at radius 2 is 1.68 bits per heavy atom. The minimum absolute atomic E-state index is 0.0375. The molecular formula is C22H27ClN2O3. The predicted molar refractivity (Wildman–Crippen MR) is 111 cm³/mol. The van der Waals surface area contributed by atoms with Gasteiger partial charge in [0.1, 0.15) is 11.8 Å². The molecule has 2 aromatic rings. The lowest BCUT2D eigenvalue weighted by molar-refractivity contribution is -0.140. The van der Waals surface area contributed by atoms with Crippen LogP contribution in [0.2, 0.25) is 5.02 Å². The molecule has 0 saturated heterocycles. The SMILES string of the molecule is CCCC(=O)N(Cc1ccc(Cl)cc1)C(C)C(=O)NCc1ccc(OC)cc1. The van der Waals surface area contributed by atoms with Gasteiger partial charge in [-0.2, -0.15) is 0 Å². The number of carbonyl (C=O) groups is 2. The van der Waals surface area contributed by atoms with Gasteiger partial charge in [-0.05, 0) is 48.7 Å². The maximum Gasteiger partial charge on any atom is 0.242 e. The molecule has 0 saturated carbocycles. The first-order valence-corrected chi connectivity index (χ1v) is 9.77. The molecule has 0 aliphatic rings. The van der Waals surface area contributed by atoms with E-state index in [9.17, 15) is 9.59 Å². The number of methoxy groups -OCH3 is 1. The molecule has 2 amide bonds. The minimum atomic E-state index is -0.576. The van der Waals surface area contributed by atoms with Crippen molar-refractivity contribution in [2.75, 3.05) is 7.11 Å². The van der Waals surface area contributed by atoms with Gasteiger partial charge in [0, 0.05) is 24.5 Å². The number of rotatable bonds is 9. The Balaban J connectivity index is 2.04. The zero-order valence-corrected chi connectivity index (χ0v) is 17.3. The first-order valence-electron chi connectivity index (χ1n) is 9.39. The number of amides is 2. The Labute approximate surface area is 171 Å². The van der Waals surface area contributed by atoms with Crippen LogP contribution in [0.1, 0.15) is 37.8 Å². The molecule has 150 valence electrons. The third kappa shape index (κ3) is 6.27. The van der Waals surface area contributed by atoms with E-state index in [1.807, 2.05) is 43.3 Å². The van der Waals surface area contributed by atoms with Crippen LogP contribution in [-0.2, 0) is 22.7 Å². The summed E-state index contributed by atoms with van der Waals surface area (Å²) in [5.74, 6) is 0.543. The summed E-state index contributed by atoms with van der Waals surface area (Å²) in [5, 5.41) is 3.55. The van der Waals surface area contributed by atoms with E-state index in [1.54, 1.807) is 31.1 Å². The van der Waals surface area contributed by atoms with Gasteiger partial charge >= 0.3 is 0 Å². The van der Waals surface area contributed by atoms with Crippen LogP contribution in [0.25, 0.3) is 0 Å². The summed E-state index contributed by atoms with van der Waals surface area (Å²) in [6, 6.07) is 14.2. The molecule has 1 unspecified atom stereocenters.